The third kappa shape index (κ3) is 5.74. The molecule has 1 aromatic carbocycles. The molecule has 5 nitrogen and oxygen atoms in total. The van der Waals surface area contributed by atoms with Crippen molar-refractivity contribution in [2.45, 2.75) is 62.6 Å². The van der Waals surface area contributed by atoms with Crippen molar-refractivity contribution in [3.63, 3.8) is 0 Å². The Morgan fingerprint density at radius 1 is 1.29 bits per heavy atom. The van der Waals surface area contributed by atoms with Crippen LogP contribution in [0.15, 0.2) is 23.1 Å². The Balaban J connectivity index is 1.97. The molecule has 1 aromatic rings. The van der Waals surface area contributed by atoms with Crippen molar-refractivity contribution in [2.24, 2.45) is 0 Å². The first-order chi connectivity index (χ1) is 11.2. The first-order valence-corrected chi connectivity index (χ1v) is 9.21. The molecule has 0 aliphatic carbocycles. The number of amides is 3. The number of nitrogens with one attached hydrogen (secondary N) is 3. The highest BCUT2D eigenvalue weighted by Gasteiger charge is 2.22. The molecule has 3 N–H and O–H groups in total. The van der Waals surface area contributed by atoms with Crippen LogP contribution in [0.3, 0.4) is 0 Å². The van der Waals surface area contributed by atoms with Gasteiger partial charge in [0.25, 0.3) is 0 Å². The van der Waals surface area contributed by atoms with Gasteiger partial charge in [0, 0.05) is 21.9 Å². The minimum atomic E-state index is -0.455. The molecule has 3 amide bonds. The van der Waals surface area contributed by atoms with Crippen molar-refractivity contribution in [1.29, 1.82) is 0 Å². The number of carbonyl (C=O) groups excluding carboxylic acids is 2. The molecular weight excluding hydrogens is 322 g/mol. The highest BCUT2D eigenvalue weighted by atomic mass is 32.2. The number of rotatable bonds is 3. The Hall–Kier alpha value is -1.69. The van der Waals surface area contributed by atoms with Gasteiger partial charge in [-0.15, -0.1) is 11.8 Å². The summed E-state index contributed by atoms with van der Waals surface area (Å²) in [6.07, 6.45) is 2.57. The lowest BCUT2D eigenvalue weighted by Crippen LogP contribution is -2.47. The Kier molecular flexibility index (Phi) is 6.15. The third-order valence-electron chi connectivity index (χ3n) is 3.71. The molecule has 0 spiro atoms. The van der Waals surface area contributed by atoms with E-state index in [1.54, 1.807) is 11.8 Å². The van der Waals surface area contributed by atoms with Crippen molar-refractivity contribution in [2.75, 3.05) is 11.9 Å². The molecule has 132 valence electrons. The fraction of sp³-hybridized carbons (Fsp3) is 0.556. The zero-order valence-corrected chi connectivity index (χ0v) is 15.7. The van der Waals surface area contributed by atoms with Crippen molar-refractivity contribution in [3.05, 3.63) is 23.8 Å². The Bertz CT molecular complexity index is 611. The van der Waals surface area contributed by atoms with Gasteiger partial charge in [-0.1, -0.05) is 20.8 Å². The molecule has 0 bridgehead atoms. The van der Waals surface area contributed by atoms with Gasteiger partial charge in [0.2, 0.25) is 5.91 Å². The summed E-state index contributed by atoms with van der Waals surface area (Å²) in [6.45, 7) is 9.17. The Labute approximate surface area is 148 Å². The van der Waals surface area contributed by atoms with Crippen LogP contribution in [0.25, 0.3) is 0 Å². The van der Waals surface area contributed by atoms with Gasteiger partial charge in [0.15, 0.2) is 0 Å². The number of hydrogen-bond acceptors (Lipinski definition) is 3. The van der Waals surface area contributed by atoms with Crippen LogP contribution in [0.4, 0.5) is 10.5 Å². The van der Waals surface area contributed by atoms with Crippen LogP contribution in [0.5, 0.6) is 0 Å². The molecule has 1 atom stereocenters. The van der Waals surface area contributed by atoms with E-state index in [1.165, 1.54) is 4.90 Å². The smallest absolute Gasteiger partial charge is 0.319 e. The van der Waals surface area contributed by atoms with Crippen LogP contribution < -0.4 is 16.0 Å². The van der Waals surface area contributed by atoms with Crippen LogP contribution in [0.1, 0.15) is 45.6 Å². The van der Waals surface area contributed by atoms with E-state index in [4.69, 9.17) is 0 Å². The minimum absolute atomic E-state index is 0.101. The van der Waals surface area contributed by atoms with Gasteiger partial charge in [-0.2, -0.15) is 0 Å². The van der Waals surface area contributed by atoms with E-state index in [1.807, 2.05) is 19.1 Å². The fourth-order valence-electron chi connectivity index (χ4n) is 2.59. The number of carbonyl (C=O) groups is 2. The summed E-state index contributed by atoms with van der Waals surface area (Å²) in [5.41, 5.74) is 1.77. The van der Waals surface area contributed by atoms with Crippen LogP contribution in [0, 0.1) is 6.92 Å². The molecule has 0 aromatic heterocycles. The van der Waals surface area contributed by atoms with E-state index in [-0.39, 0.29) is 16.7 Å². The van der Waals surface area contributed by atoms with Gasteiger partial charge < -0.3 is 16.0 Å². The van der Waals surface area contributed by atoms with E-state index < -0.39 is 6.04 Å². The van der Waals surface area contributed by atoms with Gasteiger partial charge in [0.05, 0.1) is 0 Å². The van der Waals surface area contributed by atoms with Crippen LogP contribution in [-0.2, 0) is 4.79 Å². The summed E-state index contributed by atoms with van der Waals surface area (Å²) in [6, 6.07) is 5.21. The summed E-state index contributed by atoms with van der Waals surface area (Å²) >= 11 is 1.79. The maximum Gasteiger partial charge on any atom is 0.319 e. The molecule has 1 heterocycles. The van der Waals surface area contributed by atoms with Crippen LogP contribution >= 0.6 is 11.8 Å². The molecule has 0 unspecified atom stereocenters. The van der Waals surface area contributed by atoms with Gasteiger partial charge in [-0.05, 0) is 49.9 Å². The number of urea groups is 1. The second-order valence-electron chi connectivity index (χ2n) is 7.13. The van der Waals surface area contributed by atoms with Gasteiger partial charge >= 0.3 is 6.03 Å². The Morgan fingerprint density at radius 3 is 2.71 bits per heavy atom. The van der Waals surface area contributed by atoms with E-state index in [2.05, 4.69) is 42.8 Å². The lowest BCUT2D eigenvalue weighted by atomic mass is 10.1. The normalized spacial score (nSPS) is 18.5. The summed E-state index contributed by atoms with van der Waals surface area (Å²) in [5, 5.41) is 8.44. The maximum absolute atomic E-state index is 12.2. The third-order valence-corrected chi connectivity index (χ3v) is 4.81. The molecule has 1 saturated heterocycles. The summed E-state index contributed by atoms with van der Waals surface area (Å²) in [7, 11) is 0. The van der Waals surface area contributed by atoms with E-state index in [0.717, 1.165) is 24.1 Å². The second-order valence-corrected chi connectivity index (χ2v) is 9.03. The molecule has 24 heavy (non-hydrogen) atoms. The SMILES string of the molecule is Cc1cc(SC(C)(C)C)ccc1NC(=O)N[C@H]1CCCCNC1=O. The number of benzene rings is 1. The van der Waals surface area contributed by atoms with E-state index in [0.29, 0.717) is 13.0 Å². The molecule has 0 radical (unpaired) electrons. The molecule has 2 rings (SSSR count). The zero-order chi connectivity index (χ0) is 17.7. The van der Waals surface area contributed by atoms with Crippen LogP contribution in [-0.4, -0.2) is 29.3 Å². The molecular formula is C18H27N3O2S. The highest BCUT2D eigenvalue weighted by Crippen LogP contribution is 2.33. The molecule has 6 heteroatoms. The van der Waals surface area contributed by atoms with E-state index in [9.17, 15) is 9.59 Å². The number of aryl methyl sites for hydroxylation is 1. The molecule has 0 saturated carbocycles. The van der Waals surface area contributed by atoms with Gasteiger partial charge in [-0.3, -0.25) is 4.79 Å². The predicted molar refractivity (Wildman–Crippen MR) is 99.6 cm³/mol. The summed E-state index contributed by atoms with van der Waals surface area (Å²) in [5.74, 6) is -0.101. The van der Waals surface area contributed by atoms with Crippen molar-refractivity contribution in [1.82, 2.24) is 10.6 Å². The van der Waals surface area contributed by atoms with Crippen molar-refractivity contribution in [3.8, 4) is 0 Å². The number of hydrogen-bond donors (Lipinski definition) is 3. The first kappa shape index (κ1) is 18.6. The highest BCUT2D eigenvalue weighted by molar-refractivity contribution is 8.00. The summed E-state index contributed by atoms with van der Waals surface area (Å²) < 4.78 is 0.144. The second kappa shape index (κ2) is 7.92. The number of thioether (sulfide) groups is 1. The number of anilines is 1. The molecule has 1 aliphatic heterocycles. The maximum atomic E-state index is 12.2. The monoisotopic (exact) mass is 349 g/mol. The van der Waals surface area contributed by atoms with Gasteiger partial charge in [-0.25, -0.2) is 4.79 Å². The topological polar surface area (TPSA) is 70.2 Å². The minimum Gasteiger partial charge on any atom is -0.354 e. The lowest BCUT2D eigenvalue weighted by molar-refractivity contribution is -0.122. The predicted octanol–water partition coefficient (Wildman–Crippen LogP) is 3.68. The zero-order valence-electron chi connectivity index (χ0n) is 14.9. The van der Waals surface area contributed by atoms with E-state index >= 15 is 0 Å². The van der Waals surface area contributed by atoms with Crippen LogP contribution in [0.2, 0.25) is 0 Å². The standard InChI is InChI=1S/C18H27N3O2S/c1-12-11-13(24-18(2,3)4)8-9-14(12)20-17(23)21-15-7-5-6-10-19-16(15)22/h8-9,11,15H,5-7,10H2,1-4H3,(H,19,22)(H2,20,21,23)/t15-/m0/s1. The average Bonchev–Trinajstić information content (AvgIpc) is 2.65. The van der Waals surface area contributed by atoms with Gasteiger partial charge in [0.1, 0.15) is 6.04 Å². The summed E-state index contributed by atoms with van der Waals surface area (Å²) in [4.78, 5) is 25.3. The van der Waals surface area contributed by atoms with Crippen molar-refractivity contribution >= 4 is 29.4 Å². The fourth-order valence-corrected chi connectivity index (χ4v) is 3.67. The molecule has 1 fully saturated rings. The molecule has 1 aliphatic rings. The average molecular weight is 350 g/mol. The lowest BCUT2D eigenvalue weighted by Gasteiger charge is -2.19. The van der Waals surface area contributed by atoms with Crippen molar-refractivity contribution < 1.29 is 9.59 Å². The quantitative estimate of drug-likeness (QED) is 0.729. The first-order valence-electron chi connectivity index (χ1n) is 8.39. The Morgan fingerprint density at radius 2 is 2.04 bits per heavy atom. The largest absolute Gasteiger partial charge is 0.354 e.